The summed E-state index contributed by atoms with van der Waals surface area (Å²) in [6.45, 7) is 0. The number of hydrogen-bond donors (Lipinski definition) is 1. The summed E-state index contributed by atoms with van der Waals surface area (Å²) >= 11 is 5.28. The van der Waals surface area contributed by atoms with Gasteiger partial charge in [-0.3, -0.25) is 4.98 Å². The second kappa shape index (κ2) is 7.79. The Bertz CT molecular complexity index is 982. The summed E-state index contributed by atoms with van der Waals surface area (Å²) in [6.07, 6.45) is 4.98. The van der Waals surface area contributed by atoms with Gasteiger partial charge in [0, 0.05) is 23.5 Å². The maximum absolute atomic E-state index is 5.46. The fraction of sp³-hybridized carbons (Fsp3) is 0.176. The zero-order valence-corrected chi connectivity index (χ0v) is 15.3. The van der Waals surface area contributed by atoms with Gasteiger partial charge in [0.15, 0.2) is 17.3 Å². The molecule has 1 aromatic carbocycles. The number of pyridine rings is 1. The van der Waals surface area contributed by atoms with Crippen LogP contribution in [0, 0.1) is 4.77 Å². The van der Waals surface area contributed by atoms with Gasteiger partial charge in [-0.2, -0.15) is 14.9 Å². The molecule has 0 bridgehead atoms. The smallest absolute Gasteiger partial charge is 0.216 e. The molecule has 0 aliphatic carbocycles. The first-order valence-corrected chi connectivity index (χ1v) is 8.01. The molecule has 0 aliphatic rings. The van der Waals surface area contributed by atoms with Gasteiger partial charge < -0.3 is 14.2 Å². The van der Waals surface area contributed by atoms with E-state index in [1.807, 2.05) is 18.2 Å². The zero-order valence-electron chi connectivity index (χ0n) is 14.5. The average molecular weight is 371 g/mol. The molecule has 0 saturated heterocycles. The molecule has 0 radical (unpaired) electrons. The van der Waals surface area contributed by atoms with Crippen LogP contribution >= 0.6 is 12.2 Å². The molecule has 9 heteroatoms. The minimum atomic E-state index is 0.368. The number of nitrogens with one attached hydrogen (secondary N) is 1. The Kier molecular flexibility index (Phi) is 5.28. The molecule has 0 fully saturated rings. The van der Waals surface area contributed by atoms with Gasteiger partial charge in [0.1, 0.15) is 0 Å². The molecule has 3 rings (SSSR count). The lowest BCUT2D eigenvalue weighted by molar-refractivity contribution is 0.324. The third kappa shape index (κ3) is 3.29. The lowest BCUT2D eigenvalue weighted by atomic mass is 10.2. The predicted octanol–water partition coefficient (Wildman–Crippen LogP) is 2.91. The Hall–Kier alpha value is -3.20. The van der Waals surface area contributed by atoms with Crippen LogP contribution < -0.4 is 14.2 Å². The lowest BCUT2D eigenvalue weighted by Crippen LogP contribution is -2.00. The number of benzene rings is 1. The van der Waals surface area contributed by atoms with Crippen LogP contribution in [-0.4, -0.2) is 47.4 Å². The van der Waals surface area contributed by atoms with Crippen molar-refractivity contribution in [2.45, 2.75) is 0 Å². The number of aromatic nitrogens is 4. The molecule has 26 heavy (non-hydrogen) atoms. The van der Waals surface area contributed by atoms with Crippen molar-refractivity contribution < 1.29 is 14.2 Å². The summed E-state index contributed by atoms with van der Waals surface area (Å²) in [7, 11) is 4.67. The van der Waals surface area contributed by atoms with Crippen molar-refractivity contribution in [3.63, 3.8) is 0 Å². The van der Waals surface area contributed by atoms with Crippen molar-refractivity contribution in [3.05, 3.63) is 47.0 Å². The number of aromatic amines is 1. The summed E-state index contributed by atoms with van der Waals surface area (Å²) in [5, 5.41) is 11.4. The van der Waals surface area contributed by atoms with Gasteiger partial charge in [0.25, 0.3) is 0 Å². The molecule has 0 amide bonds. The first-order valence-electron chi connectivity index (χ1n) is 7.60. The van der Waals surface area contributed by atoms with Crippen LogP contribution in [0.1, 0.15) is 5.56 Å². The van der Waals surface area contributed by atoms with Crippen LogP contribution in [0.25, 0.3) is 11.4 Å². The minimum absolute atomic E-state index is 0.368. The maximum Gasteiger partial charge on any atom is 0.216 e. The first kappa shape index (κ1) is 17.6. The predicted molar refractivity (Wildman–Crippen MR) is 99.7 cm³/mol. The third-order valence-corrected chi connectivity index (χ3v) is 3.90. The maximum atomic E-state index is 5.46. The second-order valence-corrected chi connectivity index (χ2v) is 5.45. The zero-order chi connectivity index (χ0) is 18.5. The van der Waals surface area contributed by atoms with Gasteiger partial charge in [-0.1, -0.05) is 0 Å². The highest BCUT2D eigenvalue weighted by Gasteiger charge is 2.15. The fourth-order valence-electron chi connectivity index (χ4n) is 2.43. The number of nitrogens with zero attached hydrogens (tertiary/aromatic N) is 4. The molecule has 2 aromatic heterocycles. The normalized spacial score (nSPS) is 10.9. The Labute approximate surface area is 155 Å². The number of hydrogen-bond acceptors (Lipinski definition) is 7. The molecule has 2 heterocycles. The van der Waals surface area contributed by atoms with E-state index < -0.39 is 0 Å². The van der Waals surface area contributed by atoms with Gasteiger partial charge in [-0.05, 0) is 36.5 Å². The molecule has 8 nitrogen and oxygen atoms in total. The summed E-state index contributed by atoms with van der Waals surface area (Å²) in [4.78, 5) is 4.01. The van der Waals surface area contributed by atoms with Crippen LogP contribution in [0.5, 0.6) is 17.2 Å². The lowest BCUT2D eigenvalue weighted by Gasteiger charge is -2.13. The van der Waals surface area contributed by atoms with E-state index in [4.69, 9.17) is 26.4 Å². The van der Waals surface area contributed by atoms with E-state index in [-0.39, 0.29) is 0 Å². The monoisotopic (exact) mass is 371 g/mol. The number of H-pyrrole nitrogens is 1. The average Bonchev–Trinajstić information content (AvgIpc) is 3.06. The largest absolute Gasteiger partial charge is 0.493 e. The van der Waals surface area contributed by atoms with Crippen molar-refractivity contribution in [2.75, 3.05) is 21.3 Å². The standard InChI is InChI=1S/C17H17N5O3S/c1-23-13-5-4-12(14(24-2)15(13)25-3)10-19-22-16(20-21-17(22)26)11-6-8-18-9-7-11/h4-10H,1-3H3,(H,21,26). The molecule has 3 aromatic rings. The molecule has 0 unspecified atom stereocenters. The Morgan fingerprint density at radius 3 is 2.42 bits per heavy atom. The van der Waals surface area contributed by atoms with Crippen molar-refractivity contribution in [1.29, 1.82) is 0 Å². The molecule has 0 aliphatic heterocycles. The molecule has 134 valence electrons. The topological polar surface area (TPSA) is 86.6 Å². The quantitative estimate of drug-likeness (QED) is 0.530. The highest BCUT2D eigenvalue weighted by atomic mass is 32.1. The van der Waals surface area contributed by atoms with E-state index in [0.717, 1.165) is 5.56 Å². The Balaban J connectivity index is 2.05. The van der Waals surface area contributed by atoms with Crippen molar-refractivity contribution in [1.82, 2.24) is 19.9 Å². The van der Waals surface area contributed by atoms with Crippen LogP contribution in [0.3, 0.4) is 0 Å². The summed E-state index contributed by atoms with van der Waals surface area (Å²) in [6, 6.07) is 7.25. The molecule has 0 saturated carbocycles. The van der Waals surface area contributed by atoms with Gasteiger partial charge >= 0.3 is 0 Å². The summed E-state index contributed by atoms with van der Waals surface area (Å²) in [5.41, 5.74) is 1.54. The van der Waals surface area contributed by atoms with Crippen LogP contribution in [0.4, 0.5) is 0 Å². The van der Waals surface area contributed by atoms with Crippen LogP contribution in [0.2, 0.25) is 0 Å². The SMILES string of the molecule is COc1ccc(C=Nn2c(-c3ccncc3)n[nH]c2=S)c(OC)c1OC. The second-order valence-electron chi connectivity index (χ2n) is 5.07. The summed E-state index contributed by atoms with van der Waals surface area (Å²) < 4.78 is 18.0. The third-order valence-electron chi connectivity index (χ3n) is 3.64. The summed E-state index contributed by atoms with van der Waals surface area (Å²) in [5.74, 6) is 2.15. The van der Waals surface area contributed by atoms with Gasteiger partial charge in [0.2, 0.25) is 10.5 Å². The number of methoxy groups -OCH3 is 3. The van der Waals surface area contributed by atoms with Crippen molar-refractivity contribution in [3.8, 4) is 28.6 Å². The van der Waals surface area contributed by atoms with Crippen molar-refractivity contribution in [2.24, 2.45) is 5.10 Å². The van der Waals surface area contributed by atoms with Gasteiger partial charge in [-0.25, -0.2) is 5.10 Å². The highest BCUT2D eigenvalue weighted by Crippen LogP contribution is 2.39. The number of ether oxygens (including phenoxy) is 3. The molecule has 1 N–H and O–H groups in total. The fourth-order valence-corrected chi connectivity index (χ4v) is 2.61. The Morgan fingerprint density at radius 2 is 1.77 bits per heavy atom. The highest BCUT2D eigenvalue weighted by molar-refractivity contribution is 7.71. The number of rotatable bonds is 6. The van der Waals surface area contributed by atoms with Gasteiger partial charge in [0.05, 0.1) is 27.5 Å². The minimum Gasteiger partial charge on any atom is -0.493 e. The van der Waals surface area contributed by atoms with Crippen LogP contribution in [0.15, 0.2) is 41.8 Å². The molecule has 0 spiro atoms. The van der Waals surface area contributed by atoms with E-state index in [1.54, 1.807) is 46.0 Å². The van der Waals surface area contributed by atoms with Gasteiger partial charge in [-0.15, -0.1) is 0 Å². The van der Waals surface area contributed by atoms with E-state index >= 15 is 0 Å². The first-order chi connectivity index (χ1) is 12.7. The van der Waals surface area contributed by atoms with E-state index in [2.05, 4.69) is 20.3 Å². The van der Waals surface area contributed by atoms with E-state index in [9.17, 15) is 0 Å². The van der Waals surface area contributed by atoms with Crippen molar-refractivity contribution >= 4 is 18.4 Å². The van der Waals surface area contributed by atoms with E-state index in [1.165, 1.54) is 4.68 Å². The molecule has 0 atom stereocenters. The molecular weight excluding hydrogens is 354 g/mol. The molecular formula is C17H17N5O3S. The van der Waals surface area contributed by atoms with E-state index in [0.29, 0.717) is 33.4 Å². The van der Waals surface area contributed by atoms with Crippen LogP contribution in [-0.2, 0) is 0 Å². The Morgan fingerprint density at radius 1 is 1.04 bits per heavy atom.